The summed E-state index contributed by atoms with van der Waals surface area (Å²) in [5.74, 6) is 0.327. The quantitative estimate of drug-likeness (QED) is 0.838. The van der Waals surface area contributed by atoms with Gasteiger partial charge < -0.3 is 5.73 Å². The highest BCUT2D eigenvalue weighted by atomic mass is 32.2. The minimum Gasteiger partial charge on any atom is -0.382 e. The smallest absolute Gasteiger partial charge is 0.160 e. The topological polar surface area (TPSA) is 78.0 Å². The van der Waals surface area contributed by atoms with Crippen LogP contribution in [-0.2, 0) is 21.3 Å². The summed E-state index contributed by atoms with van der Waals surface area (Å²) in [6.45, 7) is 1.98. The summed E-state index contributed by atoms with van der Waals surface area (Å²) >= 11 is 0. The van der Waals surface area contributed by atoms with Crippen molar-refractivity contribution in [3.63, 3.8) is 0 Å². The molecule has 2 N–H and O–H groups in total. The van der Waals surface area contributed by atoms with Crippen LogP contribution in [0.2, 0.25) is 0 Å². The summed E-state index contributed by atoms with van der Waals surface area (Å²) in [6.07, 6.45) is 0. The van der Waals surface area contributed by atoms with E-state index < -0.39 is 9.84 Å². The Kier molecular flexibility index (Phi) is 2.25. The van der Waals surface area contributed by atoms with Crippen LogP contribution in [0.3, 0.4) is 0 Å². The Balaban J connectivity index is 2.19. The first-order valence-electron chi connectivity index (χ1n) is 5.60. The maximum atomic E-state index is 11.7. The number of benzene rings is 1. The lowest BCUT2D eigenvalue weighted by Crippen LogP contribution is -2.06. The van der Waals surface area contributed by atoms with Crippen LogP contribution < -0.4 is 5.73 Å². The molecule has 6 heteroatoms. The summed E-state index contributed by atoms with van der Waals surface area (Å²) in [6, 6.07) is 7.74. The van der Waals surface area contributed by atoms with Gasteiger partial charge in [-0.25, -0.2) is 13.1 Å². The molecule has 1 aliphatic heterocycles. The highest BCUT2D eigenvalue weighted by Gasteiger charge is 2.32. The number of nitrogens with zero attached hydrogens (tertiary/aromatic N) is 2. The number of aryl methyl sites for hydroxylation is 1. The zero-order valence-corrected chi connectivity index (χ0v) is 10.7. The number of sulfone groups is 1. The molecule has 0 spiro atoms. The molecule has 18 heavy (non-hydrogen) atoms. The van der Waals surface area contributed by atoms with Gasteiger partial charge in [-0.1, -0.05) is 12.1 Å². The van der Waals surface area contributed by atoms with E-state index in [4.69, 9.17) is 5.73 Å². The van der Waals surface area contributed by atoms with Crippen LogP contribution in [0.15, 0.2) is 24.3 Å². The monoisotopic (exact) mass is 263 g/mol. The summed E-state index contributed by atoms with van der Waals surface area (Å²) in [4.78, 5) is 0. The van der Waals surface area contributed by atoms with E-state index in [0.29, 0.717) is 17.1 Å². The van der Waals surface area contributed by atoms with E-state index in [1.807, 2.05) is 31.2 Å². The van der Waals surface area contributed by atoms with Crippen molar-refractivity contribution in [3.8, 4) is 5.69 Å². The van der Waals surface area contributed by atoms with Crippen molar-refractivity contribution in [1.29, 1.82) is 0 Å². The second-order valence-corrected chi connectivity index (χ2v) is 6.66. The molecule has 0 aliphatic carbocycles. The molecular formula is C12H13N3O2S. The van der Waals surface area contributed by atoms with Gasteiger partial charge in [-0.3, -0.25) is 0 Å². The van der Waals surface area contributed by atoms with Crippen molar-refractivity contribution >= 4 is 15.7 Å². The van der Waals surface area contributed by atoms with E-state index in [-0.39, 0.29) is 11.5 Å². The Hall–Kier alpha value is -1.82. The molecule has 0 atom stereocenters. The Labute approximate surface area is 105 Å². The highest BCUT2D eigenvalue weighted by Crippen LogP contribution is 2.31. The maximum absolute atomic E-state index is 11.7. The molecule has 0 fully saturated rings. The van der Waals surface area contributed by atoms with Crippen LogP contribution in [0.5, 0.6) is 0 Å². The molecule has 1 aromatic heterocycles. The zero-order valence-electron chi connectivity index (χ0n) is 9.92. The van der Waals surface area contributed by atoms with E-state index in [9.17, 15) is 8.42 Å². The summed E-state index contributed by atoms with van der Waals surface area (Å²) in [5, 5.41) is 4.24. The van der Waals surface area contributed by atoms with Crippen LogP contribution in [0, 0.1) is 6.92 Å². The number of rotatable bonds is 1. The first-order valence-corrected chi connectivity index (χ1v) is 7.42. The molecule has 0 saturated carbocycles. The molecule has 0 bridgehead atoms. The van der Waals surface area contributed by atoms with Gasteiger partial charge in [0.1, 0.15) is 5.82 Å². The fraction of sp³-hybridized carbons (Fsp3) is 0.250. The molecule has 0 radical (unpaired) electrons. The van der Waals surface area contributed by atoms with E-state index in [0.717, 1.165) is 11.3 Å². The van der Waals surface area contributed by atoms with Crippen LogP contribution >= 0.6 is 0 Å². The number of hydrogen-bond donors (Lipinski definition) is 1. The summed E-state index contributed by atoms with van der Waals surface area (Å²) < 4.78 is 25.0. The predicted molar refractivity (Wildman–Crippen MR) is 69.0 cm³/mol. The largest absolute Gasteiger partial charge is 0.382 e. The van der Waals surface area contributed by atoms with Crippen LogP contribution in [0.4, 0.5) is 5.82 Å². The Bertz CT molecular complexity index is 732. The average molecular weight is 263 g/mol. The summed E-state index contributed by atoms with van der Waals surface area (Å²) in [7, 11) is -3.07. The molecule has 5 nitrogen and oxygen atoms in total. The average Bonchev–Trinajstić information content (AvgIpc) is 2.74. The van der Waals surface area contributed by atoms with Gasteiger partial charge in [0, 0.05) is 5.56 Å². The van der Waals surface area contributed by atoms with Gasteiger partial charge in [0.15, 0.2) is 9.84 Å². The van der Waals surface area contributed by atoms with Gasteiger partial charge in [-0.2, -0.15) is 5.10 Å². The third kappa shape index (κ3) is 1.69. The van der Waals surface area contributed by atoms with E-state index in [1.54, 1.807) is 4.68 Å². The molecule has 1 aliphatic rings. The number of fused-ring (bicyclic) bond motifs is 1. The number of aromatic nitrogens is 2. The van der Waals surface area contributed by atoms with Crippen molar-refractivity contribution in [1.82, 2.24) is 9.78 Å². The van der Waals surface area contributed by atoms with E-state index >= 15 is 0 Å². The lowest BCUT2D eigenvalue weighted by Gasteiger charge is -2.05. The molecule has 2 aromatic rings. The number of nitrogens with two attached hydrogens (primary N) is 1. The molecule has 3 rings (SSSR count). The van der Waals surface area contributed by atoms with Gasteiger partial charge in [0.2, 0.25) is 0 Å². The van der Waals surface area contributed by atoms with Crippen LogP contribution in [-0.4, -0.2) is 18.2 Å². The Morgan fingerprint density at radius 1 is 1.33 bits per heavy atom. The second kappa shape index (κ2) is 3.58. The van der Waals surface area contributed by atoms with Gasteiger partial charge in [-0.15, -0.1) is 0 Å². The summed E-state index contributed by atoms with van der Waals surface area (Å²) in [5.41, 5.74) is 9.08. The maximum Gasteiger partial charge on any atom is 0.160 e. The third-order valence-electron chi connectivity index (χ3n) is 3.09. The van der Waals surface area contributed by atoms with Crippen molar-refractivity contribution in [3.05, 3.63) is 41.1 Å². The third-order valence-corrected chi connectivity index (χ3v) is 4.53. The van der Waals surface area contributed by atoms with Crippen molar-refractivity contribution in [2.24, 2.45) is 0 Å². The number of anilines is 1. The number of nitrogen functional groups attached to an aromatic ring is 1. The van der Waals surface area contributed by atoms with Crippen LogP contribution in [0.25, 0.3) is 5.69 Å². The second-order valence-electron chi connectivity index (χ2n) is 4.59. The van der Waals surface area contributed by atoms with E-state index in [1.165, 1.54) is 0 Å². The SMILES string of the molecule is Cc1cccc(-n2nc(N)c3c2CS(=O)(=O)C3)c1. The van der Waals surface area contributed by atoms with Crippen molar-refractivity contribution < 1.29 is 8.42 Å². The fourth-order valence-corrected chi connectivity index (χ4v) is 3.83. The van der Waals surface area contributed by atoms with Crippen LogP contribution in [0.1, 0.15) is 16.8 Å². The minimum atomic E-state index is -3.07. The van der Waals surface area contributed by atoms with Crippen molar-refractivity contribution in [2.45, 2.75) is 18.4 Å². The fourth-order valence-electron chi connectivity index (χ4n) is 2.26. The molecular weight excluding hydrogens is 250 g/mol. The van der Waals surface area contributed by atoms with Crippen molar-refractivity contribution in [2.75, 3.05) is 5.73 Å². The van der Waals surface area contributed by atoms with Gasteiger partial charge >= 0.3 is 0 Å². The lowest BCUT2D eigenvalue weighted by molar-refractivity contribution is 0.596. The molecule has 94 valence electrons. The molecule has 0 saturated heterocycles. The predicted octanol–water partition coefficient (Wildman–Crippen LogP) is 1.19. The minimum absolute atomic E-state index is 0.0000175. The Morgan fingerprint density at radius 2 is 2.11 bits per heavy atom. The Morgan fingerprint density at radius 3 is 2.83 bits per heavy atom. The molecule has 1 aromatic carbocycles. The zero-order chi connectivity index (χ0) is 12.9. The first kappa shape index (κ1) is 11.3. The molecule has 0 unspecified atom stereocenters. The van der Waals surface area contributed by atoms with Gasteiger partial charge in [-0.05, 0) is 24.6 Å². The van der Waals surface area contributed by atoms with Gasteiger partial charge in [0.25, 0.3) is 0 Å². The first-order chi connectivity index (χ1) is 8.46. The normalized spacial score (nSPS) is 16.7. The lowest BCUT2D eigenvalue weighted by atomic mass is 10.2. The molecule has 0 amide bonds. The molecule has 2 heterocycles. The van der Waals surface area contributed by atoms with Gasteiger partial charge in [0.05, 0.1) is 22.9 Å². The van der Waals surface area contributed by atoms with E-state index in [2.05, 4.69) is 5.10 Å². The number of hydrogen-bond acceptors (Lipinski definition) is 4. The highest BCUT2D eigenvalue weighted by molar-refractivity contribution is 7.90. The standard InChI is InChI=1S/C12H13N3O2S/c1-8-3-2-4-9(5-8)15-11-7-18(16,17)6-10(11)12(13)14-15/h2-5H,6-7H2,1H3,(H2,13,14).